The molecule has 0 radical (unpaired) electrons. The van der Waals surface area contributed by atoms with E-state index in [2.05, 4.69) is 39.4 Å². The molecule has 0 aromatic heterocycles. The highest BCUT2D eigenvalue weighted by Crippen LogP contribution is 2.25. The summed E-state index contributed by atoms with van der Waals surface area (Å²) in [5.74, 6) is 0.994. The Kier molecular flexibility index (Phi) is 7.49. The number of amides is 1. The minimum Gasteiger partial charge on any atom is -0.493 e. The summed E-state index contributed by atoms with van der Waals surface area (Å²) in [5.41, 5.74) is 2.29. The predicted molar refractivity (Wildman–Crippen MR) is 109 cm³/mol. The summed E-state index contributed by atoms with van der Waals surface area (Å²) >= 11 is 0. The third-order valence-electron chi connectivity index (χ3n) is 4.34. The van der Waals surface area contributed by atoms with Crippen LogP contribution in [0.2, 0.25) is 0 Å². The maximum atomic E-state index is 12.2. The zero-order valence-corrected chi connectivity index (χ0v) is 16.7. The fraction of sp³-hybridized carbons (Fsp3) is 0.381. The van der Waals surface area contributed by atoms with Crippen molar-refractivity contribution in [3.8, 4) is 11.5 Å². The number of ether oxygens (including phenoxy) is 2. The molecule has 0 saturated carbocycles. The number of nitrogens with zero attached hydrogens (tertiary/aromatic N) is 2. The Balaban J connectivity index is 1.92. The van der Waals surface area contributed by atoms with Crippen LogP contribution in [0.15, 0.2) is 48.5 Å². The maximum absolute atomic E-state index is 12.2. The van der Waals surface area contributed by atoms with Crippen LogP contribution in [0.5, 0.6) is 11.5 Å². The van der Waals surface area contributed by atoms with Crippen molar-refractivity contribution in [2.45, 2.75) is 6.04 Å². The summed E-state index contributed by atoms with van der Waals surface area (Å²) in [6, 6.07) is 15.7. The average Bonchev–Trinajstić information content (AvgIpc) is 2.66. The summed E-state index contributed by atoms with van der Waals surface area (Å²) in [4.78, 5) is 16.4. The molecule has 0 heterocycles. The van der Waals surface area contributed by atoms with Gasteiger partial charge >= 0.3 is 0 Å². The summed E-state index contributed by atoms with van der Waals surface area (Å²) in [5, 5.41) is 2.95. The third kappa shape index (κ3) is 5.89. The van der Waals surface area contributed by atoms with Gasteiger partial charge in [0.2, 0.25) is 0 Å². The van der Waals surface area contributed by atoms with Crippen molar-refractivity contribution >= 4 is 11.6 Å². The van der Waals surface area contributed by atoms with E-state index < -0.39 is 0 Å². The Hall–Kier alpha value is -2.73. The van der Waals surface area contributed by atoms with Gasteiger partial charge in [0.15, 0.2) is 18.1 Å². The summed E-state index contributed by atoms with van der Waals surface area (Å²) < 4.78 is 10.8. The van der Waals surface area contributed by atoms with Gasteiger partial charge in [-0.3, -0.25) is 4.79 Å². The van der Waals surface area contributed by atoms with E-state index in [0.717, 1.165) is 11.3 Å². The van der Waals surface area contributed by atoms with Crippen molar-refractivity contribution in [1.82, 2.24) is 10.2 Å². The first-order valence-electron chi connectivity index (χ1n) is 8.88. The number of hydrogen-bond acceptors (Lipinski definition) is 5. The minimum absolute atomic E-state index is 0.0555. The van der Waals surface area contributed by atoms with E-state index in [1.807, 2.05) is 40.3 Å². The summed E-state index contributed by atoms with van der Waals surface area (Å²) in [6.07, 6.45) is 0. The number of likely N-dealkylation sites (N-methyl/N-ethyl adjacent to an activating group) is 1. The molecule has 27 heavy (non-hydrogen) atoms. The van der Waals surface area contributed by atoms with Crippen molar-refractivity contribution in [3.63, 3.8) is 0 Å². The van der Waals surface area contributed by atoms with E-state index in [1.54, 1.807) is 19.2 Å². The van der Waals surface area contributed by atoms with Gasteiger partial charge in [0.05, 0.1) is 13.2 Å². The predicted octanol–water partition coefficient (Wildman–Crippen LogP) is 2.56. The first-order chi connectivity index (χ1) is 12.9. The number of nitrogens with one attached hydrogen (secondary N) is 1. The van der Waals surface area contributed by atoms with Crippen LogP contribution in [0.4, 0.5) is 5.69 Å². The maximum Gasteiger partial charge on any atom is 0.258 e. The molecular weight excluding hydrogens is 342 g/mol. The van der Waals surface area contributed by atoms with Gasteiger partial charge in [-0.05, 0) is 43.9 Å². The van der Waals surface area contributed by atoms with Crippen molar-refractivity contribution in [2.24, 2.45) is 0 Å². The Morgan fingerprint density at radius 1 is 1.00 bits per heavy atom. The number of benzene rings is 2. The molecular formula is C21H29N3O3. The van der Waals surface area contributed by atoms with Gasteiger partial charge in [0.1, 0.15) is 0 Å². The normalized spacial score (nSPS) is 11.8. The van der Waals surface area contributed by atoms with Gasteiger partial charge in [-0.2, -0.15) is 0 Å². The molecule has 1 amide bonds. The van der Waals surface area contributed by atoms with Crippen LogP contribution >= 0.6 is 0 Å². The second-order valence-electron chi connectivity index (χ2n) is 6.71. The molecule has 0 aliphatic carbocycles. The molecule has 6 heteroatoms. The molecule has 0 spiro atoms. The van der Waals surface area contributed by atoms with Gasteiger partial charge in [-0.15, -0.1) is 0 Å². The quantitative estimate of drug-likeness (QED) is 0.734. The van der Waals surface area contributed by atoms with Crippen LogP contribution < -0.4 is 19.7 Å². The Bertz CT molecular complexity index is 730. The number of carbonyl (C=O) groups excluding carboxylic acids is 1. The first kappa shape index (κ1) is 20.6. The number of methoxy groups -OCH3 is 1. The highest BCUT2D eigenvalue weighted by Gasteiger charge is 2.16. The zero-order chi connectivity index (χ0) is 19.8. The second kappa shape index (κ2) is 9.83. The lowest BCUT2D eigenvalue weighted by Crippen LogP contribution is -2.36. The lowest BCUT2D eigenvalue weighted by molar-refractivity contribution is -0.123. The number of anilines is 1. The molecule has 0 aliphatic heterocycles. The van der Waals surface area contributed by atoms with Gasteiger partial charge in [0.25, 0.3) is 5.91 Å². The second-order valence-corrected chi connectivity index (χ2v) is 6.71. The third-order valence-corrected chi connectivity index (χ3v) is 4.34. The number of carbonyl (C=O) groups is 1. The molecule has 1 atom stereocenters. The highest BCUT2D eigenvalue weighted by molar-refractivity contribution is 5.77. The largest absolute Gasteiger partial charge is 0.493 e. The highest BCUT2D eigenvalue weighted by atomic mass is 16.5. The molecule has 0 saturated heterocycles. The zero-order valence-electron chi connectivity index (χ0n) is 16.7. The van der Waals surface area contributed by atoms with Crippen molar-refractivity contribution in [3.05, 3.63) is 54.1 Å². The van der Waals surface area contributed by atoms with Gasteiger partial charge < -0.3 is 24.6 Å². The molecule has 2 aromatic carbocycles. The summed E-state index contributed by atoms with van der Waals surface area (Å²) in [6.45, 7) is 0.447. The van der Waals surface area contributed by atoms with Gasteiger partial charge in [-0.1, -0.05) is 24.3 Å². The molecule has 2 rings (SSSR count). The van der Waals surface area contributed by atoms with E-state index in [-0.39, 0.29) is 18.6 Å². The lowest BCUT2D eigenvalue weighted by Gasteiger charge is -2.26. The van der Waals surface area contributed by atoms with Crippen LogP contribution in [0.1, 0.15) is 11.6 Å². The Morgan fingerprint density at radius 2 is 1.63 bits per heavy atom. The molecule has 2 aromatic rings. The minimum atomic E-state index is -0.169. The average molecular weight is 371 g/mol. The van der Waals surface area contributed by atoms with Crippen LogP contribution in [-0.4, -0.2) is 59.3 Å². The molecule has 146 valence electrons. The number of para-hydroxylation sites is 2. The molecule has 0 aliphatic rings. The topological polar surface area (TPSA) is 54.0 Å². The smallest absolute Gasteiger partial charge is 0.258 e. The van der Waals surface area contributed by atoms with E-state index in [1.165, 1.54) is 0 Å². The van der Waals surface area contributed by atoms with E-state index in [9.17, 15) is 4.79 Å². The van der Waals surface area contributed by atoms with E-state index in [0.29, 0.717) is 18.0 Å². The van der Waals surface area contributed by atoms with Gasteiger partial charge in [0, 0.05) is 26.3 Å². The number of rotatable bonds is 9. The molecule has 0 bridgehead atoms. The fourth-order valence-corrected chi connectivity index (χ4v) is 2.74. The Labute approximate surface area is 161 Å². The molecule has 0 unspecified atom stereocenters. The van der Waals surface area contributed by atoms with Crippen molar-refractivity contribution in [1.29, 1.82) is 0 Å². The van der Waals surface area contributed by atoms with Gasteiger partial charge in [-0.25, -0.2) is 0 Å². The standard InChI is InChI=1S/C21H29N3O3/c1-23(2)17-12-10-16(11-13-17)18(24(3)4)14-22-21(25)15-27-20-9-7-6-8-19(20)26-5/h6-13,18H,14-15H2,1-5H3,(H,22,25)/t18-/m1/s1. The number of hydrogen-bond donors (Lipinski definition) is 1. The van der Waals surface area contributed by atoms with E-state index in [4.69, 9.17) is 9.47 Å². The van der Waals surface area contributed by atoms with Crippen LogP contribution in [0, 0.1) is 0 Å². The van der Waals surface area contributed by atoms with Crippen LogP contribution in [-0.2, 0) is 4.79 Å². The van der Waals surface area contributed by atoms with Crippen molar-refractivity contribution < 1.29 is 14.3 Å². The summed E-state index contributed by atoms with van der Waals surface area (Å²) in [7, 11) is 9.61. The fourth-order valence-electron chi connectivity index (χ4n) is 2.74. The molecule has 1 N–H and O–H groups in total. The van der Waals surface area contributed by atoms with Crippen LogP contribution in [0.25, 0.3) is 0 Å². The van der Waals surface area contributed by atoms with E-state index >= 15 is 0 Å². The Morgan fingerprint density at radius 3 is 2.19 bits per heavy atom. The molecule has 6 nitrogen and oxygen atoms in total. The molecule has 0 fully saturated rings. The monoisotopic (exact) mass is 371 g/mol. The first-order valence-corrected chi connectivity index (χ1v) is 8.88. The van der Waals surface area contributed by atoms with Crippen LogP contribution in [0.3, 0.4) is 0 Å². The lowest BCUT2D eigenvalue weighted by atomic mass is 10.1. The SMILES string of the molecule is COc1ccccc1OCC(=O)NC[C@H](c1ccc(N(C)C)cc1)N(C)C. The van der Waals surface area contributed by atoms with Crippen molar-refractivity contribution in [2.75, 3.05) is 53.4 Å².